The minimum Gasteiger partial charge on any atom is -0.491 e. The van der Waals surface area contributed by atoms with Crippen LogP contribution in [0.25, 0.3) is 9.53 Å². The first-order valence-electron chi connectivity index (χ1n) is 16.9. The molecule has 50 heavy (non-hydrogen) atoms. The van der Waals surface area contributed by atoms with Crippen LogP contribution in [0.3, 0.4) is 0 Å². The largest absolute Gasteiger partial charge is 0.491 e. The molecule has 11 heteroatoms. The quantitative estimate of drug-likeness (QED) is 0.0637. The molecule has 0 bridgehead atoms. The minimum atomic E-state index is -2.60. The van der Waals surface area contributed by atoms with Crippen molar-refractivity contribution in [3.05, 3.63) is 115 Å². The molecule has 8 nitrogen and oxygen atoms in total. The molecule has 0 N–H and O–H groups in total. The Morgan fingerprint density at radius 1 is 0.680 bits per heavy atom. The second kappa shape index (κ2) is 16.0. The molecule has 0 atom stereocenters. The monoisotopic (exact) mass is 718 g/mol. The Labute approximate surface area is 303 Å². The van der Waals surface area contributed by atoms with Gasteiger partial charge in [0.25, 0.3) is 8.32 Å². The lowest BCUT2D eigenvalue weighted by Gasteiger charge is -2.43. The van der Waals surface area contributed by atoms with E-state index in [1.807, 2.05) is 42.5 Å². The zero-order valence-corrected chi connectivity index (χ0v) is 31.7. The number of aromatic nitrogens is 1. The van der Waals surface area contributed by atoms with E-state index in [0.29, 0.717) is 18.3 Å². The first-order valence-corrected chi connectivity index (χ1v) is 20.4. The van der Waals surface area contributed by atoms with Crippen molar-refractivity contribution in [3.63, 3.8) is 0 Å². The highest BCUT2D eigenvalue weighted by atomic mass is 32.1. The highest BCUT2D eigenvalue weighted by molar-refractivity contribution is 7.30. The van der Waals surface area contributed by atoms with Gasteiger partial charge in [-0.05, 0) is 83.9 Å². The standard InChI is InChI=1S/C39H42N6O2S2Si/c1-6-45(7-2)31-22-18-29(19-23-31)42-44-38-40-37-35(48-38)28-36(49-37)43-41-30-20-24-32(25-21-30)46-26-27-47-50(39(3,4)5,33-14-10-8-11-15-33)34-16-12-9-13-17-34/h8-25,28H,6-7,26-27H2,1-5H3. The van der Waals surface area contributed by atoms with Crippen molar-refractivity contribution in [2.24, 2.45) is 20.5 Å². The Kier molecular flexibility index (Phi) is 11.3. The van der Waals surface area contributed by atoms with E-state index < -0.39 is 8.32 Å². The summed E-state index contributed by atoms with van der Waals surface area (Å²) in [6.45, 7) is 14.0. The number of hydrogen-bond donors (Lipinski definition) is 0. The summed E-state index contributed by atoms with van der Waals surface area (Å²) in [4.78, 5) is 7.80. The maximum atomic E-state index is 6.94. The molecule has 0 fully saturated rings. The zero-order valence-electron chi connectivity index (χ0n) is 29.1. The van der Waals surface area contributed by atoms with E-state index in [1.54, 1.807) is 0 Å². The summed E-state index contributed by atoms with van der Waals surface area (Å²) in [5.41, 5.74) is 2.73. The summed E-state index contributed by atoms with van der Waals surface area (Å²) >= 11 is 2.97. The van der Waals surface area contributed by atoms with E-state index in [4.69, 9.17) is 9.16 Å². The molecule has 2 heterocycles. The topological polar surface area (TPSA) is 84.0 Å². The molecule has 6 aromatic rings. The van der Waals surface area contributed by atoms with Gasteiger partial charge >= 0.3 is 0 Å². The molecule has 0 saturated heterocycles. The van der Waals surface area contributed by atoms with Gasteiger partial charge in [-0.1, -0.05) is 104 Å². The van der Waals surface area contributed by atoms with Crippen LogP contribution in [-0.2, 0) is 4.43 Å². The molecule has 0 aliphatic carbocycles. The number of anilines is 1. The Morgan fingerprint density at radius 2 is 1.26 bits per heavy atom. The number of benzene rings is 4. The van der Waals surface area contributed by atoms with Gasteiger partial charge < -0.3 is 14.1 Å². The van der Waals surface area contributed by atoms with E-state index in [-0.39, 0.29) is 5.04 Å². The summed E-state index contributed by atoms with van der Waals surface area (Å²) in [5, 5.41) is 21.5. The summed E-state index contributed by atoms with van der Waals surface area (Å²) < 4.78 is 14.1. The van der Waals surface area contributed by atoms with Gasteiger partial charge in [-0.3, -0.25) is 0 Å². The van der Waals surface area contributed by atoms with Gasteiger partial charge in [-0.25, -0.2) is 4.98 Å². The molecular weight excluding hydrogens is 677 g/mol. The van der Waals surface area contributed by atoms with Crippen molar-refractivity contribution >= 4 is 78.1 Å². The van der Waals surface area contributed by atoms with Crippen molar-refractivity contribution in [1.29, 1.82) is 0 Å². The molecule has 4 aromatic carbocycles. The van der Waals surface area contributed by atoms with E-state index in [0.717, 1.165) is 44.7 Å². The maximum Gasteiger partial charge on any atom is 0.261 e. The molecule has 0 amide bonds. The summed E-state index contributed by atoms with van der Waals surface area (Å²) in [7, 11) is -2.60. The molecule has 0 radical (unpaired) electrons. The van der Waals surface area contributed by atoms with Crippen LogP contribution in [0.4, 0.5) is 27.2 Å². The van der Waals surface area contributed by atoms with E-state index >= 15 is 0 Å². The van der Waals surface area contributed by atoms with Crippen LogP contribution in [0.1, 0.15) is 34.6 Å². The van der Waals surface area contributed by atoms with Crippen molar-refractivity contribution in [1.82, 2.24) is 4.98 Å². The SMILES string of the molecule is CCN(CC)c1ccc(N=Nc2nc3sc(N=Nc4ccc(OCCO[Si](c5ccccc5)(c5ccccc5)C(C)(C)C)cc4)cc3s2)cc1. The van der Waals surface area contributed by atoms with Crippen LogP contribution in [0.5, 0.6) is 5.75 Å². The lowest BCUT2D eigenvalue weighted by molar-refractivity contribution is 0.208. The molecule has 0 saturated carbocycles. The second-order valence-corrected chi connectivity index (χ2v) is 19.0. The molecule has 6 rings (SSSR count). The summed E-state index contributed by atoms with van der Waals surface area (Å²) in [5.74, 6) is 0.761. The van der Waals surface area contributed by atoms with Crippen molar-refractivity contribution in [2.75, 3.05) is 31.2 Å². The number of fused-ring (bicyclic) bond motifs is 1. The second-order valence-electron chi connectivity index (χ2n) is 12.7. The Hall–Kier alpha value is -4.55. The number of hydrogen-bond acceptors (Lipinski definition) is 10. The maximum absolute atomic E-state index is 6.94. The first-order chi connectivity index (χ1) is 24.3. The number of rotatable bonds is 14. The fraction of sp³-hybridized carbons (Fsp3) is 0.256. The fourth-order valence-electron chi connectivity index (χ4n) is 6.06. The minimum absolute atomic E-state index is 0.0812. The number of thiazole rings is 1. The van der Waals surface area contributed by atoms with Gasteiger partial charge in [0.2, 0.25) is 5.13 Å². The molecule has 0 spiro atoms. The molecular formula is C39H42N6O2S2Si. The number of azo groups is 2. The normalized spacial score (nSPS) is 12.3. The third kappa shape index (κ3) is 8.08. The predicted molar refractivity (Wildman–Crippen MR) is 211 cm³/mol. The van der Waals surface area contributed by atoms with E-state index in [1.165, 1.54) is 38.7 Å². The highest BCUT2D eigenvalue weighted by Crippen LogP contribution is 2.39. The first kappa shape index (κ1) is 35.3. The lowest BCUT2D eigenvalue weighted by atomic mass is 10.2. The van der Waals surface area contributed by atoms with Crippen LogP contribution in [0.15, 0.2) is 136 Å². The smallest absolute Gasteiger partial charge is 0.261 e. The van der Waals surface area contributed by atoms with Gasteiger partial charge in [0.05, 0.1) is 22.7 Å². The summed E-state index contributed by atoms with van der Waals surface area (Å²) in [6.07, 6.45) is 0. The van der Waals surface area contributed by atoms with Crippen LogP contribution in [0, 0.1) is 0 Å². The van der Waals surface area contributed by atoms with Crippen LogP contribution in [0.2, 0.25) is 5.04 Å². The van der Waals surface area contributed by atoms with Gasteiger partial charge in [0, 0.05) is 18.8 Å². The van der Waals surface area contributed by atoms with Crippen molar-refractivity contribution in [2.45, 2.75) is 39.7 Å². The average Bonchev–Trinajstić information content (AvgIpc) is 3.70. The number of ether oxygens (including phenoxy) is 1. The summed E-state index contributed by atoms with van der Waals surface area (Å²) in [6, 6.07) is 39.1. The van der Waals surface area contributed by atoms with Crippen LogP contribution in [-0.4, -0.2) is 39.6 Å². The Bertz CT molecular complexity index is 1950. The van der Waals surface area contributed by atoms with Gasteiger partial charge in [-0.2, -0.15) is 0 Å². The molecule has 0 aliphatic rings. The van der Waals surface area contributed by atoms with Crippen LogP contribution < -0.4 is 20.0 Å². The number of thiophene rings is 1. The average molecular weight is 719 g/mol. The molecule has 256 valence electrons. The highest BCUT2D eigenvalue weighted by Gasteiger charge is 2.50. The molecule has 0 unspecified atom stereocenters. The van der Waals surface area contributed by atoms with Gasteiger partial charge in [-0.15, -0.1) is 20.5 Å². The predicted octanol–water partition coefficient (Wildman–Crippen LogP) is 11.0. The van der Waals surface area contributed by atoms with Crippen LogP contribution >= 0.6 is 22.7 Å². The third-order valence-corrected chi connectivity index (χ3v) is 15.5. The molecule has 0 aliphatic heterocycles. The Morgan fingerprint density at radius 3 is 1.82 bits per heavy atom. The van der Waals surface area contributed by atoms with Crippen molar-refractivity contribution in [3.8, 4) is 5.75 Å². The van der Waals surface area contributed by atoms with Crippen molar-refractivity contribution < 1.29 is 9.16 Å². The lowest BCUT2D eigenvalue weighted by Crippen LogP contribution is -2.66. The van der Waals surface area contributed by atoms with Gasteiger partial charge in [0.1, 0.15) is 22.2 Å². The zero-order chi connectivity index (χ0) is 35.0. The molecule has 2 aromatic heterocycles. The third-order valence-electron chi connectivity index (χ3n) is 8.48. The van der Waals surface area contributed by atoms with E-state index in [2.05, 4.69) is 138 Å². The number of nitrogens with zero attached hydrogens (tertiary/aromatic N) is 6. The van der Waals surface area contributed by atoms with E-state index in [9.17, 15) is 0 Å². The Balaban J connectivity index is 1.04. The fourth-order valence-corrected chi connectivity index (χ4v) is 12.4. The van der Waals surface area contributed by atoms with Gasteiger partial charge in [0.15, 0.2) is 0 Å².